The standard InChI is InChI=1S/C18H30N6O8S/c1-7-13(18(31)32)33-6-11(20-3)17(30)24-10(5-25)16(29)22-8(2)14(27)23-9(4-12(19)26)15(28)21-7/h7-11,13,20,25H,4-6H2,1-3H3,(H2,19,26)(H,21,28)(H,22,29)(H,23,27)(H,24,30)(H,31,32)/t7?,8-,9?,10?,11-,13?/m0/s1. The minimum Gasteiger partial charge on any atom is -0.480 e. The van der Waals surface area contributed by atoms with Gasteiger partial charge in [0.25, 0.3) is 0 Å². The van der Waals surface area contributed by atoms with Gasteiger partial charge in [-0.25, -0.2) is 0 Å². The van der Waals surface area contributed by atoms with Gasteiger partial charge in [-0.15, -0.1) is 11.8 Å². The first-order chi connectivity index (χ1) is 15.4. The molecule has 1 saturated heterocycles. The van der Waals surface area contributed by atoms with E-state index < -0.39 is 84.0 Å². The fourth-order valence-corrected chi connectivity index (χ4v) is 4.09. The third-order valence-corrected chi connectivity index (χ3v) is 6.28. The maximum atomic E-state index is 12.7. The van der Waals surface area contributed by atoms with Gasteiger partial charge in [-0.3, -0.25) is 28.8 Å². The highest BCUT2D eigenvalue weighted by Gasteiger charge is 2.34. The molecule has 0 bridgehead atoms. The Labute approximate surface area is 194 Å². The number of nitrogens with one attached hydrogen (secondary N) is 5. The molecule has 5 amide bonds. The van der Waals surface area contributed by atoms with E-state index in [2.05, 4.69) is 26.6 Å². The molecule has 1 aliphatic rings. The van der Waals surface area contributed by atoms with Crippen LogP contribution < -0.4 is 32.3 Å². The van der Waals surface area contributed by atoms with Crippen molar-refractivity contribution in [1.29, 1.82) is 0 Å². The van der Waals surface area contributed by atoms with Gasteiger partial charge in [0.1, 0.15) is 23.4 Å². The smallest absolute Gasteiger partial charge is 0.318 e. The fourth-order valence-electron chi connectivity index (χ4n) is 2.87. The molecular formula is C18H30N6O8S. The number of thioether (sulfide) groups is 1. The number of primary amides is 1. The normalized spacial score (nSPS) is 30.4. The van der Waals surface area contributed by atoms with Gasteiger partial charge in [0.2, 0.25) is 29.5 Å². The second kappa shape index (κ2) is 13.0. The van der Waals surface area contributed by atoms with E-state index in [4.69, 9.17) is 5.73 Å². The molecular weight excluding hydrogens is 460 g/mol. The van der Waals surface area contributed by atoms with Gasteiger partial charge in [0, 0.05) is 11.8 Å². The highest BCUT2D eigenvalue weighted by molar-refractivity contribution is 8.00. The summed E-state index contributed by atoms with van der Waals surface area (Å²) in [5.74, 6) is -5.43. The van der Waals surface area contributed by atoms with E-state index >= 15 is 0 Å². The largest absolute Gasteiger partial charge is 0.480 e. The first-order valence-corrected chi connectivity index (χ1v) is 11.1. The Bertz CT molecular complexity index is 781. The molecule has 33 heavy (non-hydrogen) atoms. The molecule has 1 rings (SSSR count). The van der Waals surface area contributed by atoms with Gasteiger partial charge in [-0.05, 0) is 20.9 Å². The summed E-state index contributed by atoms with van der Waals surface area (Å²) in [6, 6.07) is -5.90. The lowest BCUT2D eigenvalue weighted by Crippen LogP contribution is -2.59. The number of carboxylic acid groups (broad SMARTS) is 1. The van der Waals surface area contributed by atoms with Gasteiger partial charge in [-0.1, -0.05) is 0 Å². The fraction of sp³-hybridized carbons (Fsp3) is 0.667. The van der Waals surface area contributed by atoms with Crippen LogP contribution in [-0.4, -0.2) is 101 Å². The topological polar surface area (TPSA) is 229 Å². The minimum atomic E-state index is -1.41. The van der Waals surface area contributed by atoms with Crippen molar-refractivity contribution in [2.24, 2.45) is 5.73 Å². The average Bonchev–Trinajstić information content (AvgIpc) is 2.72. The number of likely N-dealkylation sites (N-methyl/N-ethyl adjacent to an activating group) is 1. The Kier molecular flexibility index (Phi) is 11.0. The summed E-state index contributed by atoms with van der Waals surface area (Å²) in [6.07, 6.45) is -0.563. The molecule has 14 nitrogen and oxygen atoms in total. The molecule has 4 unspecified atom stereocenters. The lowest BCUT2D eigenvalue weighted by atomic mass is 10.1. The van der Waals surface area contributed by atoms with E-state index in [9.17, 15) is 39.0 Å². The number of aliphatic hydroxyl groups excluding tert-OH is 1. The lowest BCUT2D eigenvalue weighted by molar-refractivity contribution is -0.138. The molecule has 186 valence electrons. The molecule has 1 aliphatic heterocycles. The summed E-state index contributed by atoms with van der Waals surface area (Å²) >= 11 is 0.858. The summed E-state index contributed by atoms with van der Waals surface area (Å²) in [6.45, 7) is 1.95. The molecule has 6 atom stereocenters. The number of nitrogens with two attached hydrogens (primary N) is 1. The molecule has 9 N–H and O–H groups in total. The van der Waals surface area contributed by atoms with Crippen LogP contribution in [0.3, 0.4) is 0 Å². The molecule has 0 aromatic carbocycles. The van der Waals surface area contributed by atoms with Crippen LogP contribution in [0.2, 0.25) is 0 Å². The van der Waals surface area contributed by atoms with E-state index in [1.54, 1.807) is 0 Å². The zero-order chi connectivity index (χ0) is 25.3. The Hall–Kier alpha value is -2.91. The second-order valence-electron chi connectivity index (χ2n) is 7.44. The van der Waals surface area contributed by atoms with Crippen molar-refractivity contribution in [3.8, 4) is 0 Å². The second-order valence-corrected chi connectivity index (χ2v) is 8.61. The average molecular weight is 491 g/mol. The first kappa shape index (κ1) is 28.1. The molecule has 15 heteroatoms. The third kappa shape index (κ3) is 8.51. The number of hydrogen-bond acceptors (Lipinski definition) is 9. The van der Waals surface area contributed by atoms with Crippen LogP contribution >= 0.6 is 11.8 Å². The molecule has 0 aromatic heterocycles. The van der Waals surface area contributed by atoms with E-state index in [-0.39, 0.29) is 5.75 Å². The summed E-state index contributed by atoms with van der Waals surface area (Å²) in [5.41, 5.74) is 5.16. The lowest BCUT2D eigenvalue weighted by Gasteiger charge is -2.27. The van der Waals surface area contributed by atoms with E-state index in [0.717, 1.165) is 11.8 Å². The summed E-state index contributed by atoms with van der Waals surface area (Å²) in [7, 11) is 1.46. The van der Waals surface area contributed by atoms with Crippen LogP contribution in [0.1, 0.15) is 20.3 Å². The minimum absolute atomic E-state index is 0.0445. The van der Waals surface area contributed by atoms with Crippen LogP contribution in [0, 0.1) is 0 Å². The van der Waals surface area contributed by atoms with Gasteiger partial charge < -0.3 is 42.5 Å². The van der Waals surface area contributed by atoms with E-state index in [1.165, 1.54) is 20.9 Å². The third-order valence-electron chi connectivity index (χ3n) is 4.78. The monoisotopic (exact) mass is 490 g/mol. The maximum Gasteiger partial charge on any atom is 0.318 e. The summed E-state index contributed by atoms with van der Waals surface area (Å²) in [4.78, 5) is 73.3. The van der Waals surface area contributed by atoms with Crippen LogP contribution in [0.15, 0.2) is 0 Å². The van der Waals surface area contributed by atoms with Crippen molar-refractivity contribution in [3.63, 3.8) is 0 Å². The van der Waals surface area contributed by atoms with Gasteiger partial charge in [-0.2, -0.15) is 0 Å². The van der Waals surface area contributed by atoms with Gasteiger partial charge >= 0.3 is 5.97 Å². The van der Waals surface area contributed by atoms with Crippen molar-refractivity contribution >= 4 is 47.3 Å². The zero-order valence-corrected chi connectivity index (χ0v) is 19.2. The Balaban J connectivity index is 3.29. The summed E-state index contributed by atoms with van der Waals surface area (Å²) in [5, 5.41) is 30.0. The van der Waals surface area contributed by atoms with Crippen LogP contribution in [0.5, 0.6) is 0 Å². The number of rotatable bonds is 5. The zero-order valence-electron chi connectivity index (χ0n) is 18.4. The van der Waals surface area contributed by atoms with Crippen molar-refractivity contribution in [2.45, 2.75) is 55.7 Å². The van der Waals surface area contributed by atoms with E-state index in [0.29, 0.717) is 0 Å². The Morgan fingerprint density at radius 2 is 1.58 bits per heavy atom. The highest BCUT2D eigenvalue weighted by Crippen LogP contribution is 2.17. The van der Waals surface area contributed by atoms with Crippen molar-refractivity contribution in [3.05, 3.63) is 0 Å². The van der Waals surface area contributed by atoms with Gasteiger partial charge in [0.15, 0.2) is 0 Å². The predicted molar refractivity (Wildman–Crippen MR) is 117 cm³/mol. The van der Waals surface area contributed by atoms with Gasteiger partial charge in [0.05, 0.1) is 19.1 Å². The molecule has 1 fully saturated rings. The quantitative estimate of drug-likeness (QED) is 0.184. The number of aliphatic hydroxyl groups is 1. The van der Waals surface area contributed by atoms with Crippen molar-refractivity contribution < 1.29 is 39.0 Å². The Morgan fingerprint density at radius 1 is 1.00 bits per heavy atom. The van der Waals surface area contributed by atoms with Crippen molar-refractivity contribution in [2.75, 3.05) is 19.4 Å². The highest BCUT2D eigenvalue weighted by atomic mass is 32.2. The number of aliphatic carboxylic acids is 1. The number of carbonyl (C=O) groups is 6. The number of carbonyl (C=O) groups excluding carboxylic acids is 5. The molecule has 0 spiro atoms. The molecule has 1 heterocycles. The Morgan fingerprint density at radius 3 is 2.09 bits per heavy atom. The molecule has 0 aromatic rings. The first-order valence-electron chi connectivity index (χ1n) is 10.0. The van der Waals surface area contributed by atoms with Crippen molar-refractivity contribution in [1.82, 2.24) is 26.6 Å². The molecule has 0 saturated carbocycles. The molecule has 0 radical (unpaired) electrons. The number of carboxylic acids is 1. The molecule has 0 aliphatic carbocycles. The number of hydrogen-bond donors (Lipinski definition) is 8. The van der Waals surface area contributed by atoms with Crippen LogP contribution in [-0.2, 0) is 28.8 Å². The van der Waals surface area contributed by atoms with Crippen LogP contribution in [0.4, 0.5) is 0 Å². The predicted octanol–water partition coefficient (Wildman–Crippen LogP) is -4.38. The maximum absolute atomic E-state index is 12.7. The van der Waals surface area contributed by atoms with Crippen LogP contribution in [0.25, 0.3) is 0 Å². The number of amides is 5. The van der Waals surface area contributed by atoms with E-state index in [1.807, 2.05) is 0 Å². The summed E-state index contributed by atoms with van der Waals surface area (Å²) < 4.78 is 0. The SMILES string of the molecule is CN[C@H]1CSC(C(=O)O)C(C)NC(=O)C(CC(N)=O)NC(=O)[C@H](C)NC(=O)C(CO)NC1=O.